The van der Waals surface area contributed by atoms with E-state index < -0.39 is 16.1 Å². The number of carbonyl (C=O) groups is 1. The summed E-state index contributed by atoms with van der Waals surface area (Å²) in [5, 5.41) is 8.89. The Morgan fingerprint density at radius 1 is 1.40 bits per heavy atom. The number of carboxylic acids is 1. The standard InChI is InChI=1S/C17H25NO6S/c1-17(2)10-12(11-25(21,22)23)14-7-6-13(24-3)9-15(14)18(17)8-4-5-16(19)20/h6-7,9,12H,4-5,8,10-11H2,1-3H3,(H,19,20)(H,21,22,23). The summed E-state index contributed by atoms with van der Waals surface area (Å²) in [5.74, 6) is -0.865. The highest BCUT2D eigenvalue weighted by Gasteiger charge is 2.39. The zero-order valence-corrected chi connectivity index (χ0v) is 15.5. The Kier molecular flexibility index (Phi) is 5.63. The van der Waals surface area contributed by atoms with E-state index in [-0.39, 0.29) is 23.6 Å². The maximum absolute atomic E-state index is 11.4. The molecule has 8 heteroatoms. The van der Waals surface area contributed by atoms with E-state index in [1.165, 1.54) is 0 Å². The fourth-order valence-electron chi connectivity index (χ4n) is 3.59. The van der Waals surface area contributed by atoms with Gasteiger partial charge in [-0.2, -0.15) is 8.42 Å². The molecule has 0 amide bonds. The number of hydrogen-bond acceptors (Lipinski definition) is 5. The molecule has 2 N–H and O–H groups in total. The molecule has 25 heavy (non-hydrogen) atoms. The Morgan fingerprint density at radius 2 is 2.08 bits per heavy atom. The van der Waals surface area contributed by atoms with Crippen LogP contribution in [-0.2, 0) is 14.9 Å². The summed E-state index contributed by atoms with van der Waals surface area (Å²) < 4.78 is 37.4. The van der Waals surface area contributed by atoms with Gasteiger partial charge in [0.15, 0.2) is 0 Å². The van der Waals surface area contributed by atoms with Gasteiger partial charge in [0.1, 0.15) is 5.75 Å². The number of anilines is 1. The van der Waals surface area contributed by atoms with Crippen molar-refractivity contribution in [1.29, 1.82) is 0 Å². The number of rotatable bonds is 7. The topological polar surface area (TPSA) is 104 Å². The van der Waals surface area contributed by atoms with Crippen LogP contribution in [0.4, 0.5) is 5.69 Å². The first-order valence-electron chi connectivity index (χ1n) is 8.16. The highest BCUT2D eigenvalue weighted by Crippen LogP contribution is 2.45. The van der Waals surface area contributed by atoms with Crippen molar-refractivity contribution in [3.05, 3.63) is 23.8 Å². The Morgan fingerprint density at radius 3 is 2.64 bits per heavy atom. The maximum atomic E-state index is 11.4. The van der Waals surface area contributed by atoms with Gasteiger partial charge in [0.25, 0.3) is 10.1 Å². The van der Waals surface area contributed by atoms with E-state index in [2.05, 4.69) is 4.90 Å². The molecule has 0 aromatic heterocycles. The van der Waals surface area contributed by atoms with Crippen molar-refractivity contribution in [3.8, 4) is 5.75 Å². The third kappa shape index (κ3) is 4.85. The molecule has 0 saturated heterocycles. The average molecular weight is 371 g/mol. The first kappa shape index (κ1) is 19.5. The van der Waals surface area contributed by atoms with Gasteiger partial charge >= 0.3 is 5.97 Å². The van der Waals surface area contributed by atoms with Crippen molar-refractivity contribution in [1.82, 2.24) is 0 Å². The Labute approximate surface area is 148 Å². The first-order chi connectivity index (χ1) is 11.5. The van der Waals surface area contributed by atoms with Gasteiger partial charge in [-0.05, 0) is 38.3 Å². The summed E-state index contributed by atoms with van der Waals surface area (Å²) in [7, 11) is -2.55. The zero-order valence-electron chi connectivity index (χ0n) is 14.7. The normalized spacial score (nSPS) is 19.4. The lowest BCUT2D eigenvalue weighted by atomic mass is 9.79. The van der Waals surface area contributed by atoms with Crippen LogP contribution in [0.15, 0.2) is 18.2 Å². The number of hydrogen-bond donors (Lipinski definition) is 2. The molecule has 1 unspecified atom stereocenters. The Bertz CT molecular complexity index is 744. The highest BCUT2D eigenvalue weighted by atomic mass is 32.2. The number of fused-ring (bicyclic) bond motifs is 1. The van der Waals surface area contributed by atoms with Gasteiger partial charge in [-0.3, -0.25) is 9.35 Å². The van der Waals surface area contributed by atoms with Crippen LogP contribution in [0.25, 0.3) is 0 Å². The monoisotopic (exact) mass is 371 g/mol. The minimum absolute atomic E-state index is 0.0698. The largest absolute Gasteiger partial charge is 0.497 e. The van der Waals surface area contributed by atoms with E-state index in [9.17, 15) is 17.8 Å². The fraction of sp³-hybridized carbons (Fsp3) is 0.588. The molecule has 1 aliphatic heterocycles. The minimum atomic E-state index is -4.11. The molecule has 0 aliphatic carbocycles. The van der Waals surface area contributed by atoms with Crippen molar-refractivity contribution in [2.75, 3.05) is 24.3 Å². The molecule has 1 aliphatic rings. The molecule has 140 valence electrons. The summed E-state index contributed by atoms with van der Waals surface area (Å²) in [5.41, 5.74) is 1.27. The minimum Gasteiger partial charge on any atom is -0.497 e. The molecule has 1 aromatic carbocycles. The molecule has 0 radical (unpaired) electrons. The van der Waals surface area contributed by atoms with E-state index >= 15 is 0 Å². The summed E-state index contributed by atoms with van der Waals surface area (Å²) in [6.07, 6.45) is 1.10. The third-order valence-corrected chi connectivity index (χ3v) is 5.45. The van der Waals surface area contributed by atoms with E-state index in [0.29, 0.717) is 25.1 Å². The van der Waals surface area contributed by atoms with Gasteiger partial charge in [0, 0.05) is 36.2 Å². The second kappa shape index (κ2) is 7.21. The maximum Gasteiger partial charge on any atom is 0.303 e. The molecule has 2 rings (SSSR count). The van der Waals surface area contributed by atoms with Gasteiger partial charge in [-0.1, -0.05) is 6.07 Å². The van der Waals surface area contributed by atoms with Gasteiger partial charge in [-0.25, -0.2) is 0 Å². The highest BCUT2D eigenvalue weighted by molar-refractivity contribution is 7.85. The zero-order chi connectivity index (χ0) is 18.8. The van der Waals surface area contributed by atoms with E-state index in [4.69, 9.17) is 9.84 Å². The van der Waals surface area contributed by atoms with Gasteiger partial charge in [0.2, 0.25) is 0 Å². The molecular weight excluding hydrogens is 346 g/mol. The van der Waals surface area contributed by atoms with E-state index in [1.807, 2.05) is 26.0 Å². The third-order valence-electron chi connectivity index (χ3n) is 4.63. The number of benzene rings is 1. The average Bonchev–Trinajstić information content (AvgIpc) is 2.47. The number of ether oxygens (including phenoxy) is 1. The molecule has 1 aromatic rings. The van der Waals surface area contributed by atoms with Crippen LogP contribution in [0.2, 0.25) is 0 Å². The molecule has 0 bridgehead atoms. The van der Waals surface area contributed by atoms with Crippen LogP contribution in [0.5, 0.6) is 5.75 Å². The number of nitrogens with zero attached hydrogens (tertiary/aromatic N) is 1. The number of aliphatic carboxylic acids is 1. The number of methoxy groups -OCH3 is 1. The molecule has 0 fully saturated rings. The summed E-state index contributed by atoms with van der Waals surface area (Å²) in [6.45, 7) is 4.53. The van der Waals surface area contributed by atoms with Crippen molar-refractivity contribution in [2.24, 2.45) is 0 Å². The summed E-state index contributed by atoms with van der Waals surface area (Å²) >= 11 is 0. The first-order valence-corrected chi connectivity index (χ1v) is 9.77. The van der Waals surface area contributed by atoms with Crippen molar-refractivity contribution < 1.29 is 27.6 Å². The molecular formula is C17H25NO6S. The van der Waals surface area contributed by atoms with Crippen molar-refractivity contribution in [3.63, 3.8) is 0 Å². The van der Waals surface area contributed by atoms with Crippen LogP contribution >= 0.6 is 0 Å². The lowest BCUT2D eigenvalue weighted by molar-refractivity contribution is -0.137. The molecule has 0 saturated carbocycles. The fourth-order valence-corrected chi connectivity index (χ4v) is 4.40. The summed E-state index contributed by atoms with van der Waals surface area (Å²) in [4.78, 5) is 12.9. The van der Waals surface area contributed by atoms with Gasteiger partial charge in [-0.15, -0.1) is 0 Å². The number of carboxylic acid groups (broad SMARTS) is 1. The predicted molar refractivity (Wildman–Crippen MR) is 95.1 cm³/mol. The lowest BCUT2D eigenvalue weighted by Gasteiger charge is -2.48. The molecule has 1 atom stereocenters. The van der Waals surface area contributed by atoms with E-state index in [0.717, 1.165) is 11.3 Å². The van der Waals surface area contributed by atoms with Gasteiger partial charge in [0.05, 0.1) is 12.9 Å². The van der Waals surface area contributed by atoms with E-state index in [1.54, 1.807) is 13.2 Å². The van der Waals surface area contributed by atoms with Crippen LogP contribution in [-0.4, -0.2) is 49.0 Å². The summed E-state index contributed by atoms with van der Waals surface area (Å²) in [6, 6.07) is 5.43. The second-order valence-corrected chi connectivity index (χ2v) is 8.53. The Hall–Kier alpha value is -1.80. The molecule has 0 spiro atoms. The van der Waals surface area contributed by atoms with Crippen LogP contribution in [0, 0.1) is 0 Å². The van der Waals surface area contributed by atoms with Crippen LogP contribution < -0.4 is 9.64 Å². The lowest BCUT2D eigenvalue weighted by Crippen LogP contribution is -2.50. The molecule has 7 nitrogen and oxygen atoms in total. The quantitative estimate of drug-likeness (QED) is 0.710. The SMILES string of the molecule is COc1ccc2c(c1)N(CCCC(=O)O)C(C)(C)CC2CS(=O)(=O)O. The van der Waals surface area contributed by atoms with Crippen molar-refractivity contribution >= 4 is 21.8 Å². The van der Waals surface area contributed by atoms with Gasteiger partial charge < -0.3 is 14.7 Å². The predicted octanol–water partition coefficient (Wildman–Crippen LogP) is 2.52. The van der Waals surface area contributed by atoms with Crippen molar-refractivity contribution in [2.45, 2.75) is 44.6 Å². The van der Waals surface area contributed by atoms with Crippen LogP contribution in [0.1, 0.15) is 44.6 Å². The Balaban J connectivity index is 2.43. The molecule has 1 heterocycles. The smallest absolute Gasteiger partial charge is 0.303 e. The van der Waals surface area contributed by atoms with Crippen LogP contribution in [0.3, 0.4) is 0 Å². The second-order valence-electron chi connectivity index (χ2n) is 7.04.